The van der Waals surface area contributed by atoms with Crippen molar-refractivity contribution >= 4 is 6.09 Å². The van der Waals surface area contributed by atoms with E-state index in [2.05, 4.69) is 61.1 Å². The summed E-state index contributed by atoms with van der Waals surface area (Å²) in [5.74, 6) is 0.837. The monoisotopic (exact) mass is 504 g/mol. The average Bonchev–Trinajstić information content (AvgIpc) is 3.30. The minimum atomic E-state index is -0.356. The molecular weight excluding hydrogens is 464 g/mol. The maximum absolute atomic E-state index is 13.7. The number of nitrogens with one attached hydrogen (secondary N) is 1. The van der Waals surface area contributed by atoms with Gasteiger partial charge in [-0.1, -0.05) is 81.4 Å². The molecule has 1 saturated heterocycles. The predicted molar refractivity (Wildman–Crippen MR) is 147 cm³/mol. The quantitative estimate of drug-likeness (QED) is 0.452. The second-order valence-electron chi connectivity index (χ2n) is 10.6. The van der Waals surface area contributed by atoms with Crippen molar-refractivity contribution in [3.63, 3.8) is 0 Å². The first-order valence-electron chi connectivity index (χ1n) is 13.2. The summed E-state index contributed by atoms with van der Waals surface area (Å²) >= 11 is 0. The van der Waals surface area contributed by atoms with Crippen LogP contribution in [0.25, 0.3) is 11.3 Å². The van der Waals surface area contributed by atoms with Gasteiger partial charge < -0.3 is 20.5 Å². The number of carbonyl (C=O) groups excluding carboxylic acids is 1. The number of nitrogens with two attached hydrogens (primary N) is 1. The van der Waals surface area contributed by atoms with Gasteiger partial charge in [0.1, 0.15) is 5.82 Å². The number of piperazine rings is 1. The molecule has 3 aromatic rings. The molecule has 0 saturated carbocycles. The van der Waals surface area contributed by atoms with Crippen LogP contribution in [0, 0.1) is 5.41 Å². The summed E-state index contributed by atoms with van der Waals surface area (Å²) in [6, 6.07) is 20.2. The summed E-state index contributed by atoms with van der Waals surface area (Å²) in [5, 5.41) is 5.05. The Morgan fingerprint density at radius 1 is 1.08 bits per heavy atom. The first-order valence-corrected chi connectivity index (χ1v) is 13.2. The summed E-state index contributed by atoms with van der Waals surface area (Å²) in [6.07, 6.45) is 2.42. The first-order chi connectivity index (χ1) is 17.9. The molecule has 1 amide bonds. The Bertz CT molecular complexity index is 1120. The molecule has 8 heteroatoms. The van der Waals surface area contributed by atoms with Crippen LogP contribution < -0.4 is 11.1 Å². The number of benzene rings is 2. The largest absolute Gasteiger partial charge is 0.429 e. The number of imidazole rings is 1. The van der Waals surface area contributed by atoms with E-state index in [9.17, 15) is 4.79 Å². The van der Waals surface area contributed by atoms with Gasteiger partial charge >= 0.3 is 6.09 Å². The van der Waals surface area contributed by atoms with Crippen molar-refractivity contribution < 1.29 is 9.63 Å². The fraction of sp³-hybridized carbons (Fsp3) is 0.448. The third kappa shape index (κ3) is 6.97. The van der Waals surface area contributed by atoms with E-state index in [1.165, 1.54) is 5.56 Å². The number of hydrogen-bond donors (Lipinski definition) is 2. The van der Waals surface area contributed by atoms with Crippen LogP contribution in [0.5, 0.6) is 0 Å². The van der Waals surface area contributed by atoms with E-state index in [0.29, 0.717) is 39.1 Å². The van der Waals surface area contributed by atoms with E-state index in [0.717, 1.165) is 30.2 Å². The zero-order chi connectivity index (χ0) is 26.3. The molecule has 2 aromatic carbocycles. The molecule has 8 nitrogen and oxygen atoms in total. The van der Waals surface area contributed by atoms with Gasteiger partial charge in [0.15, 0.2) is 0 Å². The maximum atomic E-state index is 13.7. The molecule has 198 valence electrons. The SMILES string of the molecule is CC(C)(C)[C@H](c1nc(-c2ccccc2)cn1Cc1ccccc1)N(CCCN)C(=O)ON1CCNCC1. The molecule has 2 heterocycles. The van der Waals surface area contributed by atoms with E-state index in [4.69, 9.17) is 15.6 Å². The lowest BCUT2D eigenvalue weighted by Crippen LogP contribution is -2.49. The van der Waals surface area contributed by atoms with Gasteiger partial charge in [0.25, 0.3) is 0 Å². The first kappa shape index (κ1) is 26.9. The highest BCUT2D eigenvalue weighted by molar-refractivity contribution is 5.68. The second-order valence-corrected chi connectivity index (χ2v) is 10.6. The summed E-state index contributed by atoms with van der Waals surface area (Å²) < 4.78 is 2.18. The lowest BCUT2D eigenvalue weighted by atomic mass is 9.84. The van der Waals surface area contributed by atoms with Crippen LogP contribution in [0.15, 0.2) is 66.9 Å². The molecule has 1 aliphatic rings. The van der Waals surface area contributed by atoms with Crippen molar-refractivity contribution in [2.45, 2.75) is 39.8 Å². The highest BCUT2D eigenvalue weighted by atomic mass is 16.7. The zero-order valence-corrected chi connectivity index (χ0v) is 22.3. The summed E-state index contributed by atoms with van der Waals surface area (Å²) in [7, 11) is 0. The number of hydroxylamine groups is 2. The molecular formula is C29H40N6O2. The Morgan fingerprint density at radius 2 is 1.73 bits per heavy atom. The number of aromatic nitrogens is 2. The van der Waals surface area contributed by atoms with Crippen LogP contribution in [0.2, 0.25) is 0 Å². The molecule has 1 fully saturated rings. The van der Waals surface area contributed by atoms with Gasteiger partial charge in [-0.3, -0.25) is 4.90 Å². The molecule has 1 atom stereocenters. The van der Waals surface area contributed by atoms with Crippen molar-refractivity contribution in [2.75, 3.05) is 39.3 Å². The highest BCUT2D eigenvalue weighted by Crippen LogP contribution is 2.39. The maximum Gasteiger partial charge on any atom is 0.429 e. The Kier molecular flexibility index (Phi) is 8.97. The van der Waals surface area contributed by atoms with Gasteiger partial charge in [-0.2, -0.15) is 0 Å². The topological polar surface area (TPSA) is 88.7 Å². The lowest BCUT2D eigenvalue weighted by Gasteiger charge is -2.40. The lowest BCUT2D eigenvalue weighted by molar-refractivity contribution is -0.125. The number of rotatable bonds is 9. The van der Waals surface area contributed by atoms with Crippen molar-refractivity contribution in [1.82, 2.24) is 24.8 Å². The van der Waals surface area contributed by atoms with Gasteiger partial charge in [0.05, 0.1) is 11.7 Å². The van der Waals surface area contributed by atoms with Crippen molar-refractivity contribution in [2.24, 2.45) is 11.1 Å². The van der Waals surface area contributed by atoms with Gasteiger partial charge in [0, 0.05) is 51.0 Å². The highest BCUT2D eigenvalue weighted by Gasteiger charge is 2.39. The van der Waals surface area contributed by atoms with Crippen LogP contribution >= 0.6 is 0 Å². The molecule has 37 heavy (non-hydrogen) atoms. The van der Waals surface area contributed by atoms with E-state index < -0.39 is 0 Å². The Balaban J connectivity index is 1.76. The van der Waals surface area contributed by atoms with Crippen LogP contribution in [0.1, 0.15) is 44.6 Å². The number of carbonyl (C=O) groups is 1. The van der Waals surface area contributed by atoms with E-state index in [-0.39, 0.29) is 17.6 Å². The van der Waals surface area contributed by atoms with Crippen LogP contribution in [-0.2, 0) is 11.4 Å². The molecule has 1 aliphatic heterocycles. The van der Waals surface area contributed by atoms with Crippen molar-refractivity contribution in [3.8, 4) is 11.3 Å². The third-order valence-electron chi connectivity index (χ3n) is 6.57. The molecule has 0 spiro atoms. The van der Waals surface area contributed by atoms with E-state index >= 15 is 0 Å². The van der Waals surface area contributed by atoms with Crippen LogP contribution in [0.3, 0.4) is 0 Å². The van der Waals surface area contributed by atoms with Gasteiger partial charge in [-0.15, -0.1) is 5.06 Å². The van der Waals surface area contributed by atoms with Crippen LogP contribution in [-0.4, -0.2) is 64.9 Å². The summed E-state index contributed by atoms with van der Waals surface area (Å²) in [5.41, 5.74) is 8.69. The number of amides is 1. The second kappa shape index (κ2) is 12.4. The minimum absolute atomic E-state index is 0.315. The summed E-state index contributed by atoms with van der Waals surface area (Å²) in [4.78, 5) is 26.6. The van der Waals surface area contributed by atoms with Crippen molar-refractivity contribution in [3.05, 3.63) is 78.2 Å². The average molecular weight is 505 g/mol. The molecule has 0 radical (unpaired) electrons. The molecule has 3 N–H and O–H groups in total. The van der Waals surface area contributed by atoms with Gasteiger partial charge in [0.2, 0.25) is 0 Å². The third-order valence-corrected chi connectivity index (χ3v) is 6.57. The number of hydrogen-bond acceptors (Lipinski definition) is 6. The molecule has 4 rings (SSSR count). The smallest absolute Gasteiger partial charge is 0.351 e. The van der Waals surface area contributed by atoms with E-state index in [1.807, 2.05) is 41.3 Å². The van der Waals surface area contributed by atoms with Gasteiger partial charge in [-0.05, 0) is 23.9 Å². The Labute approximate surface area is 220 Å². The van der Waals surface area contributed by atoms with Gasteiger partial charge in [-0.25, -0.2) is 9.78 Å². The fourth-order valence-electron chi connectivity index (χ4n) is 4.78. The zero-order valence-electron chi connectivity index (χ0n) is 22.3. The molecule has 0 aliphatic carbocycles. The Morgan fingerprint density at radius 3 is 2.35 bits per heavy atom. The van der Waals surface area contributed by atoms with Crippen LogP contribution in [0.4, 0.5) is 4.79 Å². The Hall–Kier alpha value is -3.20. The fourth-order valence-corrected chi connectivity index (χ4v) is 4.78. The number of nitrogens with zero attached hydrogens (tertiary/aromatic N) is 4. The van der Waals surface area contributed by atoms with Crippen molar-refractivity contribution in [1.29, 1.82) is 0 Å². The molecule has 0 bridgehead atoms. The predicted octanol–water partition coefficient (Wildman–Crippen LogP) is 4.29. The summed E-state index contributed by atoms with van der Waals surface area (Å²) in [6.45, 7) is 11.0. The molecule has 1 aromatic heterocycles. The normalized spacial score (nSPS) is 15.4. The molecule has 0 unspecified atom stereocenters. The minimum Gasteiger partial charge on any atom is -0.351 e. The van der Waals surface area contributed by atoms with E-state index in [1.54, 1.807) is 5.06 Å². The standard InChI is InChI=1S/C29H40N6O2/c1-29(2,3)26(35(18-10-15-30)28(36)37-34-19-16-31-17-20-34)27-32-25(24-13-8-5-9-14-24)22-33(27)21-23-11-6-4-7-12-23/h4-9,11-14,22,26,31H,10,15-21,30H2,1-3H3/t26-/m0/s1.